The van der Waals surface area contributed by atoms with E-state index in [0.717, 1.165) is 17.7 Å². The summed E-state index contributed by atoms with van der Waals surface area (Å²) >= 11 is 0. The van der Waals surface area contributed by atoms with E-state index in [1.807, 2.05) is 0 Å². The Hall–Kier alpha value is -1.39. The van der Waals surface area contributed by atoms with Gasteiger partial charge in [0.25, 0.3) is 5.82 Å². The summed E-state index contributed by atoms with van der Waals surface area (Å²) in [6, 6.07) is 0. The molecule has 0 spiro atoms. The predicted molar refractivity (Wildman–Crippen MR) is 60.5 cm³/mol. The number of carbonyl (C=O) groups is 1. The lowest BCUT2D eigenvalue weighted by Gasteiger charge is -2.04. The van der Waals surface area contributed by atoms with Crippen molar-refractivity contribution in [1.29, 1.82) is 0 Å². The summed E-state index contributed by atoms with van der Waals surface area (Å²) in [6.07, 6.45) is 5.25. The molecule has 1 aromatic rings. The van der Waals surface area contributed by atoms with E-state index in [2.05, 4.69) is 15.2 Å². The van der Waals surface area contributed by atoms with Gasteiger partial charge in [0.15, 0.2) is 0 Å². The van der Waals surface area contributed by atoms with E-state index in [4.69, 9.17) is 4.74 Å². The highest BCUT2D eigenvalue weighted by molar-refractivity contribution is 5.84. The fourth-order valence-electron chi connectivity index (χ4n) is 3.11. The molecule has 1 N–H and O–H groups in total. The number of carbonyl (C=O) groups excluding carboxylic acids is 1. The third-order valence-corrected chi connectivity index (χ3v) is 3.93. The van der Waals surface area contributed by atoms with Gasteiger partial charge in [0.05, 0.1) is 6.61 Å². The molecule has 0 bridgehead atoms. The lowest BCUT2D eigenvalue weighted by molar-refractivity contribution is 0.0512. The molecule has 2 fully saturated rings. The number of nitrogens with one attached hydrogen (secondary N) is 1. The number of ether oxygens (including phenoxy) is 1. The second kappa shape index (κ2) is 4.13. The van der Waals surface area contributed by atoms with Gasteiger partial charge in [-0.25, -0.2) is 9.78 Å². The van der Waals surface area contributed by atoms with E-state index in [1.54, 1.807) is 6.92 Å². The summed E-state index contributed by atoms with van der Waals surface area (Å²) in [5.41, 5.74) is 0. The molecule has 0 radical (unpaired) electrons. The Labute approximate surface area is 100.0 Å². The number of aromatic nitrogens is 3. The normalized spacial score (nSPS) is 30.8. The van der Waals surface area contributed by atoms with Crippen LogP contribution >= 0.6 is 0 Å². The molecule has 2 saturated carbocycles. The molecular formula is C12H17N3O2. The average Bonchev–Trinajstić information content (AvgIpc) is 2.86. The van der Waals surface area contributed by atoms with Crippen molar-refractivity contribution in [2.45, 2.75) is 38.5 Å². The molecule has 0 amide bonds. The molecule has 2 aliphatic carbocycles. The number of fused-ring (bicyclic) bond motifs is 1. The highest BCUT2D eigenvalue weighted by Gasteiger charge is 2.53. The molecule has 0 saturated heterocycles. The molecule has 17 heavy (non-hydrogen) atoms. The second-order valence-electron chi connectivity index (χ2n) is 4.90. The molecule has 1 heterocycles. The van der Waals surface area contributed by atoms with Crippen molar-refractivity contribution >= 4 is 5.97 Å². The Morgan fingerprint density at radius 1 is 1.41 bits per heavy atom. The Kier molecular flexibility index (Phi) is 2.61. The van der Waals surface area contributed by atoms with Crippen LogP contribution in [0, 0.1) is 11.8 Å². The molecule has 0 aromatic carbocycles. The lowest BCUT2D eigenvalue weighted by Crippen LogP contribution is -2.06. The predicted octanol–water partition coefficient (Wildman–Crippen LogP) is 1.89. The van der Waals surface area contributed by atoms with Crippen molar-refractivity contribution in [1.82, 2.24) is 15.2 Å². The molecule has 5 heteroatoms. The first-order valence-corrected chi connectivity index (χ1v) is 6.40. The topological polar surface area (TPSA) is 67.9 Å². The van der Waals surface area contributed by atoms with E-state index in [-0.39, 0.29) is 5.82 Å². The largest absolute Gasteiger partial charge is 0.460 e. The summed E-state index contributed by atoms with van der Waals surface area (Å²) in [5, 5.41) is 6.84. The Morgan fingerprint density at radius 3 is 2.76 bits per heavy atom. The van der Waals surface area contributed by atoms with Gasteiger partial charge in [-0.1, -0.05) is 12.8 Å². The number of hydrogen-bond acceptors (Lipinski definition) is 4. The van der Waals surface area contributed by atoms with Crippen LogP contribution in [0.4, 0.5) is 0 Å². The molecule has 3 rings (SSSR count). The third kappa shape index (κ3) is 1.83. The van der Waals surface area contributed by atoms with Crippen LogP contribution in [0.15, 0.2) is 0 Å². The Morgan fingerprint density at radius 2 is 2.12 bits per heavy atom. The fraction of sp³-hybridized carbons (Fsp3) is 0.750. The molecule has 1 aromatic heterocycles. The first-order chi connectivity index (χ1) is 8.31. The first kappa shape index (κ1) is 10.7. The SMILES string of the molecule is CCOC(=O)c1n[nH]c(C2C3CCCCC32)n1. The summed E-state index contributed by atoms with van der Waals surface area (Å²) in [7, 11) is 0. The van der Waals surface area contributed by atoms with Gasteiger partial charge in [-0.2, -0.15) is 0 Å². The van der Waals surface area contributed by atoms with Crippen LogP contribution in [0.25, 0.3) is 0 Å². The molecule has 5 nitrogen and oxygen atoms in total. The quantitative estimate of drug-likeness (QED) is 0.812. The Bertz CT molecular complexity index is 417. The third-order valence-electron chi connectivity index (χ3n) is 3.93. The summed E-state index contributed by atoms with van der Waals surface area (Å²) in [5.74, 6) is 2.67. The Balaban J connectivity index is 1.71. The summed E-state index contributed by atoms with van der Waals surface area (Å²) < 4.78 is 4.88. The van der Waals surface area contributed by atoms with Crippen LogP contribution in [0.2, 0.25) is 0 Å². The number of hydrogen-bond donors (Lipinski definition) is 1. The number of rotatable bonds is 3. The van der Waals surface area contributed by atoms with Gasteiger partial charge < -0.3 is 4.74 Å². The van der Waals surface area contributed by atoms with Gasteiger partial charge in [0, 0.05) is 5.92 Å². The lowest BCUT2D eigenvalue weighted by atomic mass is 10.0. The van der Waals surface area contributed by atoms with Crippen LogP contribution in [0.1, 0.15) is 55.0 Å². The highest BCUT2D eigenvalue weighted by Crippen LogP contribution is 2.60. The van der Waals surface area contributed by atoms with Crippen molar-refractivity contribution in [2.24, 2.45) is 11.8 Å². The van der Waals surface area contributed by atoms with Crippen molar-refractivity contribution in [3.05, 3.63) is 11.6 Å². The van der Waals surface area contributed by atoms with E-state index in [1.165, 1.54) is 25.7 Å². The van der Waals surface area contributed by atoms with Gasteiger partial charge in [-0.15, -0.1) is 5.10 Å². The minimum absolute atomic E-state index is 0.172. The van der Waals surface area contributed by atoms with Crippen LogP contribution in [0.3, 0.4) is 0 Å². The van der Waals surface area contributed by atoms with Crippen molar-refractivity contribution in [2.75, 3.05) is 6.61 Å². The van der Waals surface area contributed by atoms with Crippen molar-refractivity contribution in [3.63, 3.8) is 0 Å². The number of esters is 1. The van der Waals surface area contributed by atoms with Gasteiger partial charge in [0.1, 0.15) is 5.82 Å². The van der Waals surface area contributed by atoms with Crippen molar-refractivity contribution in [3.8, 4) is 0 Å². The molecule has 2 aliphatic rings. The zero-order chi connectivity index (χ0) is 11.8. The van der Waals surface area contributed by atoms with Crippen LogP contribution in [0.5, 0.6) is 0 Å². The molecular weight excluding hydrogens is 218 g/mol. The van der Waals surface area contributed by atoms with Gasteiger partial charge in [0.2, 0.25) is 0 Å². The first-order valence-electron chi connectivity index (χ1n) is 6.40. The highest BCUT2D eigenvalue weighted by atomic mass is 16.5. The second-order valence-corrected chi connectivity index (χ2v) is 4.90. The van der Waals surface area contributed by atoms with Gasteiger partial charge in [-0.3, -0.25) is 5.10 Å². The van der Waals surface area contributed by atoms with Crippen LogP contribution in [-0.4, -0.2) is 27.8 Å². The summed E-state index contributed by atoms with van der Waals surface area (Å²) in [4.78, 5) is 15.7. The molecule has 0 aliphatic heterocycles. The minimum Gasteiger partial charge on any atom is -0.460 e. The van der Waals surface area contributed by atoms with E-state index < -0.39 is 5.97 Å². The van der Waals surface area contributed by atoms with E-state index >= 15 is 0 Å². The van der Waals surface area contributed by atoms with Crippen molar-refractivity contribution < 1.29 is 9.53 Å². The molecule has 92 valence electrons. The standard InChI is InChI=1S/C12H17N3O2/c1-2-17-12(16)11-13-10(14-15-11)9-7-5-3-4-6-8(7)9/h7-9H,2-6H2,1H3,(H,13,14,15). The molecule has 2 unspecified atom stereocenters. The van der Waals surface area contributed by atoms with Gasteiger partial charge in [-0.05, 0) is 31.6 Å². The zero-order valence-corrected chi connectivity index (χ0v) is 9.98. The maximum Gasteiger partial charge on any atom is 0.378 e. The monoisotopic (exact) mass is 235 g/mol. The number of H-pyrrole nitrogens is 1. The average molecular weight is 235 g/mol. The maximum atomic E-state index is 11.4. The van der Waals surface area contributed by atoms with E-state index in [0.29, 0.717) is 12.5 Å². The molecule has 2 atom stereocenters. The fourth-order valence-corrected chi connectivity index (χ4v) is 3.11. The zero-order valence-electron chi connectivity index (χ0n) is 9.98. The summed E-state index contributed by atoms with van der Waals surface area (Å²) in [6.45, 7) is 2.14. The smallest absolute Gasteiger partial charge is 0.378 e. The maximum absolute atomic E-state index is 11.4. The van der Waals surface area contributed by atoms with Crippen LogP contribution < -0.4 is 0 Å². The number of nitrogens with zero attached hydrogens (tertiary/aromatic N) is 2. The van der Waals surface area contributed by atoms with E-state index in [9.17, 15) is 4.79 Å². The van der Waals surface area contributed by atoms with Gasteiger partial charge >= 0.3 is 5.97 Å². The minimum atomic E-state index is -0.432. The number of aromatic amines is 1. The van der Waals surface area contributed by atoms with Crippen LogP contribution in [-0.2, 0) is 4.74 Å².